The first-order chi connectivity index (χ1) is 9.81. The number of nitrogens with zero attached hydrogens (tertiary/aromatic N) is 3. The summed E-state index contributed by atoms with van der Waals surface area (Å²) in [6, 6.07) is 15.9. The van der Waals surface area contributed by atoms with Gasteiger partial charge in [-0.2, -0.15) is 0 Å². The Labute approximate surface area is 130 Å². The number of hydrogen-bond acceptors (Lipinski definition) is 3. The van der Waals surface area contributed by atoms with Gasteiger partial charge in [0, 0.05) is 9.13 Å². The van der Waals surface area contributed by atoms with E-state index in [9.17, 15) is 0 Å². The first-order valence-corrected chi connectivity index (χ1v) is 7.18. The molecular formula is C15H12IN3O. The molecule has 0 fully saturated rings. The first kappa shape index (κ1) is 13.1. The Morgan fingerprint density at radius 3 is 2.60 bits per heavy atom. The number of para-hydroxylation sites is 2. The molecule has 20 heavy (non-hydrogen) atoms. The van der Waals surface area contributed by atoms with Crippen LogP contribution >= 0.6 is 22.6 Å². The Morgan fingerprint density at radius 1 is 1.05 bits per heavy atom. The second-order valence-electron chi connectivity index (χ2n) is 4.18. The molecule has 1 heterocycles. The number of aromatic nitrogens is 3. The van der Waals surface area contributed by atoms with Crippen LogP contribution in [-0.2, 0) is 0 Å². The Balaban J connectivity index is 2.19. The lowest BCUT2D eigenvalue weighted by molar-refractivity contribution is 0.411. The van der Waals surface area contributed by atoms with E-state index in [2.05, 4.69) is 45.0 Å². The molecule has 3 rings (SSSR count). The SMILES string of the molecule is COc1ccccc1-n1nncc1-c1ccccc1I. The number of ether oxygens (including phenoxy) is 1. The second-order valence-corrected chi connectivity index (χ2v) is 5.34. The maximum absolute atomic E-state index is 5.40. The molecule has 0 aliphatic carbocycles. The van der Waals surface area contributed by atoms with E-state index in [1.807, 2.05) is 36.4 Å². The zero-order chi connectivity index (χ0) is 13.9. The van der Waals surface area contributed by atoms with Crippen LogP contribution in [0.1, 0.15) is 0 Å². The molecule has 1 aromatic heterocycles. The highest BCUT2D eigenvalue weighted by Gasteiger charge is 2.13. The number of methoxy groups -OCH3 is 1. The van der Waals surface area contributed by atoms with E-state index in [1.54, 1.807) is 18.0 Å². The Hall–Kier alpha value is -1.89. The van der Waals surface area contributed by atoms with Gasteiger partial charge in [0.25, 0.3) is 0 Å². The summed E-state index contributed by atoms with van der Waals surface area (Å²) < 4.78 is 8.36. The lowest BCUT2D eigenvalue weighted by atomic mass is 10.1. The summed E-state index contributed by atoms with van der Waals surface area (Å²) in [5.41, 5.74) is 2.92. The molecule has 0 amide bonds. The molecule has 100 valence electrons. The van der Waals surface area contributed by atoms with Crippen LogP contribution in [0.3, 0.4) is 0 Å². The largest absolute Gasteiger partial charge is 0.494 e. The van der Waals surface area contributed by atoms with Crippen molar-refractivity contribution in [2.45, 2.75) is 0 Å². The van der Waals surface area contributed by atoms with E-state index in [0.29, 0.717) is 0 Å². The van der Waals surface area contributed by atoms with Gasteiger partial charge in [0.05, 0.1) is 19.0 Å². The fraction of sp³-hybridized carbons (Fsp3) is 0.0667. The van der Waals surface area contributed by atoms with Gasteiger partial charge in [0.15, 0.2) is 0 Å². The molecule has 5 heteroatoms. The second kappa shape index (κ2) is 5.62. The number of hydrogen-bond donors (Lipinski definition) is 0. The Bertz CT molecular complexity index is 739. The normalized spacial score (nSPS) is 10.5. The summed E-state index contributed by atoms with van der Waals surface area (Å²) in [5, 5.41) is 8.24. The summed E-state index contributed by atoms with van der Waals surface area (Å²) in [7, 11) is 1.65. The van der Waals surface area contributed by atoms with E-state index >= 15 is 0 Å². The quantitative estimate of drug-likeness (QED) is 0.656. The fourth-order valence-corrected chi connectivity index (χ4v) is 2.73. The topological polar surface area (TPSA) is 39.9 Å². The zero-order valence-corrected chi connectivity index (χ0v) is 13.0. The minimum Gasteiger partial charge on any atom is -0.494 e. The van der Waals surface area contributed by atoms with Crippen LogP contribution in [0.2, 0.25) is 0 Å². The van der Waals surface area contributed by atoms with Gasteiger partial charge in [-0.1, -0.05) is 35.5 Å². The van der Waals surface area contributed by atoms with E-state index in [-0.39, 0.29) is 0 Å². The Kier molecular flexibility index (Phi) is 3.68. The average Bonchev–Trinajstić information content (AvgIpc) is 2.96. The third-order valence-electron chi connectivity index (χ3n) is 3.01. The van der Waals surface area contributed by atoms with Crippen molar-refractivity contribution in [1.29, 1.82) is 0 Å². The van der Waals surface area contributed by atoms with E-state index < -0.39 is 0 Å². The number of rotatable bonds is 3. The number of halogens is 1. The highest BCUT2D eigenvalue weighted by Crippen LogP contribution is 2.29. The third-order valence-corrected chi connectivity index (χ3v) is 3.95. The molecule has 0 saturated carbocycles. The summed E-state index contributed by atoms with van der Waals surface area (Å²) in [4.78, 5) is 0. The standard InChI is InChI=1S/C15H12IN3O/c1-20-15-9-5-4-8-13(15)19-14(10-17-18-19)11-6-2-3-7-12(11)16/h2-10H,1H3. The molecule has 0 aliphatic heterocycles. The zero-order valence-electron chi connectivity index (χ0n) is 10.8. The summed E-state index contributed by atoms with van der Waals surface area (Å²) in [5.74, 6) is 0.769. The van der Waals surface area contributed by atoms with Crippen molar-refractivity contribution in [3.63, 3.8) is 0 Å². The van der Waals surface area contributed by atoms with Crippen molar-refractivity contribution in [3.8, 4) is 22.7 Å². The molecule has 0 radical (unpaired) electrons. The molecule has 2 aromatic carbocycles. The maximum Gasteiger partial charge on any atom is 0.144 e. The minimum atomic E-state index is 0.769. The molecule has 0 bridgehead atoms. The van der Waals surface area contributed by atoms with Gasteiger partial charge in [0.1, 0.15) is 11.4 Å². The fourth-order valence-electron chi connectivity index (χ4n) is 2.07. The van der Waals surface area contributed by atoms with Crippen LogP contribution in [0.4, 0.5) is 0 Å². The predicted octanol–water partition coefficient (Wildman–Crippen LogP) is 3.55. The smallest absolute Gasteiger partial charge is 0.144 e. The van der Waals surface area contributed by atoms with Crippen LogP contribution in [-0.4, -0.2) is 22.1 Å². The van der Waals surface area contributed by atoms with Crippen molar-refractivity contribution in [2.75, 3.05) is 7.11 Å². The molecule has 4 nitrogen and oxygen atoms in total. The van der Waals surface area contributed by atoms with Gasteiger partial charge in [-0.15, -0.1) is 5.10 Å². The van der Waals surface area contributed by atoms with Crippen molar-refractivity contribution >= 4 is 22.6 Å². The lowest BCUT2D eigenvalue weighted by Crippen LogP contribution is -2.02. The van der Waals surface area contributed by atoms with Crippen LogP contribution in [0, 0.1) is 3.57 Å². The van der Waals surface area contributed by atoms with E-state index in [4.69, 9.17) is 4.74 Å². The molecule has 0 aliphatic rings. The highest BCUT2D eigenvalue weighted by atomic mass is 127. The van der Waals surface area contributed by atoms with E-state index in [0.717, 1.165) is 26.3 Å². The van der Waals surface area contributed by atoms with Crippen molar-refractivity contribution < 1.29 is 4.74 Å². The van der Waals surface area contributed by atoms with Gasteiger partial charge in [-0.25, -0.2) is 4.68 Å². The summed E-state index contributed by atoms with van der Waals surface area (Å²) in [6.07, 6.45) is 1.77. The monoisotopic (exact) mass is 377 g/mol. The molecular weight excluding hydrogens is 365 g/mol. The van der Waals surface area contributed by atoms with Crippen molar-refractivity contribution in [2.24, 2.45) is 0 Å². The molecule has 0 atom stereocenters. The third kappa shape index (κ3) is 2.29. The molecule has 0 saturated heterocycles. The summed E-state index contributed by atoms with van der Waals surface area (Å²) in [6.45, 7) is 0. The van der Waals surface area contributed by atoms with Gasteiger partial charge < -0.3 is 4.74 Å². The minimum absolute atomic E-state index is 0.769. The van der Waals surface area contributed by atoms with Crippen LogP contribution < -0.4 is 4.74 Å². The van der Waals surface area contributed by atoms with Gasteiger partial charge in [-0.05, 0) is 40.8 Å². The average molecular weight is 377 g/mol. The van der Waals surface area contributed by atoms with Crippen LogP contribution in [0.5, 0.6) is 5.75 Å². The van der Waals surface area contributed by atoms with Crippen molar-refractivity contribution in [3.05, 3.63) is 58.3 Å². The molecule has 0 spiro atoms. The molecule has 3 aromatic rings. The number of benzene rings is 2. The lowest BCUT2D eigenvalue weighted by Gasteiger charge is -2.11. The van der Waals surface area contributed by atoms with E-state index in [1.165, 1.54) is 0 Å². The molecule has 0 N–H and O–H groups in total. The highest BCUT2D eigenvalue weighted by molar-refractivity contribution is 14.1. The van der Waals surface area contributed by atoms with Gasteiger partial charge >= 0.3 is 0 Å². The maximum atomic E-state index is 5.40. The predicted molar refractivity (Wildman–Crippen MR) is 86.1 cm³/mol. The van der Waals surface area contributed by atoms with Gasteiger partial charge in [-0.3, -0.25) is 0 Å². The van der Waals surface area contributed by atoms with Crippen LogP contribution in [0.15, 0.2) is 54.7 Å². The van der Waals surface area contributed by atoms with Crippen molar-refractivity contribution in [1.82, 2.24) is 15.0 Å². The Morgan fingerprint density at radius 2 is 1.80 bits per heavy atom. The first-order valence-electron chi connectivity index (χ1n) is 6.10. The molecule has 0 unspecified atom stereocenters. The van der Waals surface area contributed by atoms with Gasteiger partial charge in [0.2, 0.25) is 0 Å². The van der Waals surface area contributed by atoms with Crippen LogP contribution in [0.25, 0.3) is 16.9 Å². The summed E-state index contributed by atoms with van der Waals surface area (Å²) >= 11 is 2.32.